The van der Waals surface area contributed by atoms with Gasteiger partial charge in [0.2, 0.25) is 0 Å². The van der Waals surface area contributed by atoms with E-state index in [1.165, 1.54) is 6.07 Å². The van der Waals surface area contributed by atoms with Crippen LogP contribution in [0.25, 0.3) is 0 Å². The van der Waals surface area contributed by atoms with E-state index >= 15 is 0 Å². The molecular weight excluding hydrogens is 233 g/mol. The molecule has 1 fully saturated rings. The van der Waals surface area contributed by atoms with Gasteiger partial charge in [-0.2, -0.15) is 0 Å². The maximum Gasteiger partial charge on any atom is 0.337 e. The number of carbonyl (C=O) groups is 1. The van der Waals surface area contributed by atoms with Gasteiger partial charge in [0.05, 0.1) is 10.6 Å². The Morgan fingerprint density at radius 2 is 2.31 bits per heavy atom. The van der Waals surface area contributed by atoms with Crippen LogP contribution in [0.1, 0.15) is 16.8 Å². The van der Waals surface area contributed by atoms with E-state index in [4.69, 9.17) is 16.7 Å². The largest absolute Gasteiger partial charge is 0.478 e. The first kappa shape index (κ1) is 11.2. The highest BCUT2D eigenvalue weighted by atomic mass is 35.5. The molecule has 2 rings (SSSR count). The first-order chi connectivity index (χ1) is 7.58. The number of rotatable bonds is 2. The second-order valence-electron chi connectivity index (χ2n) is 3.80. The smallest absolute Gasteiger partial charge is 0.337 e. The number of nitrogens with zero attached hydrogens (tertiary/aromatic N) is 1. The number of halogens is 2. The third kappa shape index (κ3) is 2.11. The highest BCUT2D eigenvalue weighted by molar-refractivity contribution is 6.33. The molecule has 1 aromatic carbocycles. The Morgan fingerprint density at radius 3 is 2.81 bits per heavy atom. The van der Waals surface area contributed by atoms with Gasteiger partial charge in [-0.05, 0) is 24.6 Å². The lowest BCUT2D eigenvalue weighted by molar-refractivity contribution is 0.0697. The van der Waals surface area contributed by atoms with Crippen LogP contribution >= 0.6 is 11.6 Å². The van der Waals surface area contributed by atoms with Crippen molar-refractivity contribution >= 4 is 23.3 Å². The van der Waals surface area contributed by atoms with Crippen LogP contribution in [0.2, 0.25) is 5.02 Å². The average molecular weight is 244 g/mol. The van der Waals surface area contributed by atoms with Crippen molar-refractivity contribution in [2.75, 3.05) is 18.0 Å². The quantitative estimate of drug-likeness (QED) is 0.868. The van der Waals surface area contributed by atoms with Gasteiger partial charge in [0.25, 0.3) is 0 Å². The Kier molecular flexibility index (Phi) is 3.01. The van der Waals surface area contributed by atoms with Crippen molar-refractivity contribution in [3.05, 3.63) is 28.8 Å². The highest BCUT2D eigenvalue weighted by Crippen LogP contribution is 2.27. The van der Waals surface area contributed by atoms with E-state index in [0.717, 1.165) is 5.69 Å². The molecule has 1 aliphatic rings. The third-order valence-electron chi connectivity index (χ3n) is 2.68. The number of carboxylic acid groups (broad SMARTS) is 1. The molecule has 0 saturated carbocycles. The predicted molar refractivity (Wildman–Crippen MR) is 60.1 cm³/mol. The molecule has 1 N–H and O–H groups in total. The lowest BCUT2D eigenvalue weighted by Crippen LogP contribution is -2.19. The summed E-state index contributed by atoms with van der Waals surface area (Å²) in [5, 5.41) is 8.99. The van der Waals surface area contributed by atoms with Gasteiger partial charge in [0.1, 0.15) is 6.17 Å². The Hall–Kier alpha value is -1.29. The number of hydrogen-bond acceptors (Lipinski definition) is 2. The van der Waals surface area contributed by atoms with Gasteiger partial charge in [-0.1, -0.05) is 11.6 Å². The number of aromatic carboxylic acids is 1. The maximum atomic E-state index is 13.0. The number of carboxylic acids is 1. The van der Waals surface area contributed by atoms with Crippen LogP contribution in [0.4, 0.5) is 10.1 Å². The summed E-state index contributed by atoms with van der Waals surface area (Å²) in [5.74, 6) is -1.05. The molecule has 1 aromatic rings. The minimum Gasteiger partial charge on any atom is -0.478 e. The van der Waals surface area contributed by atoms with Crippen LogP contribution in [-0.4, -0.2) is 30.3 Å². The number of benzene rings is 1. The Morgan fingerprint density at radius 1 is 1.56 bits per heavy atom. The van der Waals surface area contributed by atoms with Crippen LogP contribution in [0, 0.1) is 0 Å². The summed E-state index contributed by atoms with van der Waals surface area (Å²) >= 11 is 5.84. The van der Waals surface area contributed by atoms with Gasteiger partial charge in [-0.25, -0.2) is 9.18 Å². The standard InChI is InChI=1S/C11H11ClFNO2/c12-10-5-8(1-2-9(10)11(15)16)14-4-3-7(13)6-14/h1-2,5,7H,3-4,6H2,(H,15,16). The molecule has 0 bridgehead atoms. The second-order valence-corrected chi connectivity index (χ2v) is 4.21. The van der Waals surface area contributed by atoms with Crippen LogP contribution in [0.3, 0.4) is 0 Å². The van der Waals surface area contributed by atoms with Crippen molar-refractivity contribution in [2.45, 2.75) is 12.6 Å². The highest BCUT2D eigenvalue weighted by Gasteiger charge is 2.22. The summed E-state index contributed by atoms with van der Waals surface area (Å²) in [6.07, 6.45) is -0.295. The molecule has 0 amide bonds. The monoisotopic (exact) mass is 243 g/mol. The van der Waals surface area contributed by atoms with Gasteiger partial charge >= 0.3 is 5.97 Å². The predicted octanol–water partition coefficient (Wildman–Crippen LogP) is 2.59. The van der Waals surface area contributed by atoms with Gasteiger partial charge < -0.3 is 10.0 Å². The van der Waals surface area contributed by atoms with E-state index in [0.29, 0.717) is 19.5 Å². The molecule has 86 valence electrons. The summed E-state index contributed by atoms with van der Waals surface area (Å²) in [7, 11) is 0. The van der Waals surface area contributed by atoms with E-state index in [1.807, 2.05) is 4.90 Å². The molecule has 0 aliphatic carbocycles. The van der Waals surface area contributed by atoms with Crippen LogP contribution < -0.4 is 4.90 Å². The fourth-order valence-electron chi connectivity index (χ4n) is 1.83. The fraction of sp³-hybridized carbons (Fsp3) is 0.364. The van der Waals surface area contributed by atoms with Crippen LogP contribution in [0.15, 0.2) is 18.2 Å². The van der Waals surface area contributed by atoms with E-state index in [9.17, 15) is 9.18 Å². The summed E-state index contributed by atoms with van der Waals surface area (Å²) < 4.78 is 13.0. The minimum absolute atomic E-state index is 0.0708. The molecule has 1 saturated heterocycles. The third-order valence-corrected chi connectivity index (χ3v) is 2.99. The van der Waals surface area contributed by atoms with Crippen molar-refractivity contribution in [3.63, 3.8) is 0 Å². The first-order valence-electron chi connectivity index (χ1n) is 5.00. The maximum absolute atomic E-state index is 13.0. The Labute approximate surface area is 97.4 Å². The van der Waals surface area contributed by atoms with Crippen molar-refractivity contribution in [3.8, 4) is 0 Å². The fourth-order valence-corrected chi connectivity index (χ4v) is 2.08. The molecule has 16 heavy (non-hydrogen) atoms. The molecule has 0 aromatic heterocycles. The van der Waals surface area contributed by atoms with Gasteiger partial charge in [0.15, 0.2) is 0 Å². The molecule has 1 heterocycles. The van der Waals surface area contributed by atoms with E-state index in [2.05, 4.69) is 0 Å². The molecule has 1 aliphatic heterocycles. The molecule has 1 unspecified atom stereocenters. The molecule has 1 atom stereocenters. The second kappa shape index (κ2) is 4.29. The molecule has 0 spiro atoms. The molecule has 5 heteroatoms. The zero-order chi connectivity index (χ0) is 11.7. The summed E-state index contributed by atoms with van der Waals surface area (Å²) in [6, 6.07) is 4.68. The van der Waals surface area contributed by atoms with Gasteiger partial charge in [0, 0.05) is 18.8 Å². The van der Waals surface area contributed by atoms with Crippen molar-refractivity contribution < 1.29 is 14.3 Å². The molecule has 3 nitrogen and oxygen atoms in total. The average Bonchev–Trinajstić information content (AvgIpc) is 2.64. The van der Waals surface area contributed by atoms with E-state index in [-0.39, 0.29) is 10.6 Å². The first-order valence-corrected chi connectivity index (χ1v) is 5.37. The summed E-state index contributed by atoms with van der Waals surface area (Å²) in [4.78, 5) is 12.6. The van der Waals surface area contributed by atoms with Crippen molar-refractivity contribution in [2.24, 2.45) is 0 Å². The normalized spacial score (nSPS) is 20.1. The SMILES string of the molecule is O=C(O)c1ccc(N2CCC(F)C2)cc1Cl. The number of anilines is 1. The lowest BCUT2D eigenvalue weighted by Gasteiger charge is -2.18. The van der Waals surface area contributed by atoms with E-state index < -0.39 is 12.1 Å². The molecular formula is C11H11ClFNO2. The number of alkyl halides is 1. The van der Waals surface area contributed by atoms with Crippen molar-refractivity contribution in [1.82, 2.24) is 0 Å². The van der Waals surface area contributed by atoms with Crippen molar-refractivity contribution in [1.29, 1.82) is 0 Å². The number of hydrogen-bond donors (Lipinski definition) is 1. The zero-order valence-corrected chi connectivity index (χ0v) is 9.25. The Balaban J connectivity index is 2.24. The van der Waals surface area contributed by atoms with E-state index in [1.54, 1.807) is 12.1 Å². The van der Waals surface area contributed by atoms with Gasteiger partial charge in [-0.15, -0.1) is 0 Å². The van der Waals surface area contributed by atoms with Crippen LogP contribution in [-0.2, 0) is 0 Å². The Bertz CT molecular complexity index is 424. The summed E-state index contributed by atoms with van der Waals surface area (Å²) in [5.41, 5.74) is 0.844. The summed E-state index contributed by atoms with van der Waals surface area (Å²) in [6.45, 7) is 0.993. The molecule has 0 radical (unpaired) electrons. The lowest BCUT2D eigenvalue weighted by atomic mass is 10.2. The van der Waals surface area contributed by atoms with Crippen LogP contribution in [0.5, 0.6) is 0 Å². The minimum atomic E-state index is -1.05. The topological polar surface area (TPSA) is 40.5 Å². The van der Waals surface area contributed by atoms with Gasteiger partial charge in [-0.3, -0.25) is 0 Å². The zero-order valence-electron chi connectivity index (χ0n) is 8.49.